The summed E-state index contributed by atoms with van der Waals surface area (Å²) in [5.74, 6) is 1.06. The summed E-state index contributed by atoms with van der Waals surface area (Å²) in [7, 11) is 0. The summed E-state index contributed by atoms with van der Waals surface area (Å²) in [4.78, 5) is 6.08. The number of likely N-dealkylation sites (tertiary alicyclic amines) is 1. The summed E-state index contributed by atoms with van der Waals surface area (Å²) in [6.07, 6.45) is -2.43. The van der Waals surface area contributed by atoms with Crippen molar-refractivity contribution in [2.75, 3.05) is 13.1 Å². The Morgan fingerprint density at radius 2 is 1.81 bits per heavy atom. The molecule has 0 saturated carbocycles. The number of hydrogen-bond donors (Lipinski definition) is 1. The van der Waals surface area contributed by atoms with Crippen molar-refractivity contribution in [2.24, 2.45) is 5.73 Å². The third kappa shape index (κ3) is 5.51. The van der Waals surface area contributed by atoms with Crippen molar-refractivity contribution in [1.29, 1.82) is 0 Å². The van der Waals surface area contributed by atoms with Crippen molar-refractivity contribution >= 4 is 41.4 Å². The first kappa shape index (κ1) is 27.9. The van der Waals surface area contributed by atoms with Crippen LogP contribution in [0.25, 0.3) is 28.1 Å². The Bertz CT molecular complexity index is 1350. The zero-order valence-corrected chi connectivity index (χ0v) is 21.3. The van der Waals surface area contributed by atoms with E-state index in [2.05, 4.69) is 10.2 Å². The third-order valence-corrected chi connectivity index (χ3v) is 5.94. The molecule has 3 aromatic heterocycles. The van der Waals surface area contributed by atoms with Crippen molar-refractivity contribution in [3.05, 3.63) is 54.2 Å². The van der Waals surface area contributed by atoms with Gasteiger partial charge in [0.2, 0.25) is 0 Å². The van der Waals surface area contributed by atoms with Crippen molar-refractivity contribution in [2.45, 2.75) is 44.6 Å². The number of rotatable bonds is 5. The lowest BCUT2D eigenvalue weighted by Crippen LogP contribution is -2.38. The van der Waals surface area contributed by atoms with Crippen LogP contribution in [0.4, 0.5) is 13.2 Å². The summed E-state index contributed by atoms with van der Waals surface area (Å²) < 4.78 is 49.6. The van der Waals surface area contributed by atoms with Gasteiger partial charge in [0.15, 0.2) is 11.5 Å². The fourth-order valence-corrected chi connectivity index (χ4v) is 4.47. The zero-order chi connectivity index (χ0) is 24.0. The largest absolute Gasteiger partial charge is 0.491 e. The predicted molar refractivity (Wildman–Crippen MR) is 137 cm³/mol. The lowest BCUT2D eigenvalue weighted by Gasteiger charge is -2.30. The van der Waals surface area contributed by atoms with E-state index in [4.69, 9.17) is 15.5 Å². The average molecular weight is 543 g/mol. The molecule has 1 fully saturated rings. The molecule has 194 valence electrons. The highest BCUT2D eigenvalue weighted by molar-refractivity contribution is 5.85. The third-order valence-electron chi connectivity index (χ3n) is 5.94. The molecule has 0 aliphatic carbocycles. The van der Waals surface area contributed by atoms with Gasteiger partial charge in [0.25, 0.3) is 0 Å². The lowest BCUT2D eigenvalue weighted by atomic mass is 10.1. The van der Waals surface area contributed by atoms with Crippen LogP contribution in [-0.2, 0) is 0 Å². The number of benzene rings is 1. The van der Waals surface area contributed by atoms with Crippen molar-refractivity contribution in [1.82, 2.24) is 24.5 Å². The molecule has 2 atom stereocenters. The van der Waals surface area contributed by atoms with Gasteiger partial charge in [0.1, 0.15) is 17.5 Å². The van der Waals surface area contributed by atoms with Crippen LogP contribution in [0.15, 0.2) is 48.7 Å². The van der Waals surface area contributed by atoms with E-state index in [9.17, 15) is 13.2 Å². The van der Waals surface area contributed by atoms with Gasteiger partial charge in [0, 0.05) is 36.8 Å². The van der Waals surface area contributed by atoms with E-state index in [-0.39, 0.29) is 49.1 Å². The highest BCUT2D eigenvalue weighted by Gasteiger charge is 2.46. The second-order valence-electron chi connectivity index (χ2n) is 8.92. The number of alkyl halides is 3. The van der Waals surface area contributed by atoms with E-state index in [0.29, 0.717) is 41.4 Å². The quantitative estimate of drug-likeness (QED) is 0.372. The molecule has 2 N–H and O–H groups in total. The van der Waals surface area contributed by atoms with E-state index >= 15 is 0 Å². The Kier molecular flexibility index (Phi) is 8.34. The van der Waals surface area contributed by atoms with E-state index in [0.717, 1.165) is 5.39 Å². The highest BCUT2D eigenvalue weighted by atomic mass is 35.5. The summed E-state index contributed by atoms with van der Waals surface area (Å²) >= 11 is 0. The molecule has 0 unspecified atom stereocenters. The number of pyridine rings is 2. The van der Waals surface area contributed by atoms with Crippen LogP contribution in [0.5, 0.6) is 5.75 Å². The second-order valence-corrected chi connectivity index (χ2v) is 8.92. The van der Waals surface area contributed by atoms with Crippen LogP contribution >= 0.6 is 24.8 Å². The molecular formula is C24H27Cl2F3N6O. The molecule has 1 aliphatic heterocycles. The standard InChI is InChI=1S/C24H25F3N6O.2ClH/c1-14(2)34-18-6-3-15-4-7-19(29-20(15)11-18)23-31-30-21-8-5-16(12-33(21)23)22(24(25,26)27)32-10-9-17(28)13-32;;/h3-8,11-12,14,17,22H,9-10,13,28H2,1-2H3;2*1H/t17-,22+;;/m0../s1. The SMILES string of the molecule is CC(C)Oc1ccc2ccc(-c3nnc4ccc([C@@H](N5CC[C@H](N)C5)C(F)(F)F)cn34)nc2c1.Cl.Cl. The molecule has 12 heteroatoms. The van der Waals surface area contributed by atoms with Gasteiger partial charge in [-0.05, 0) is 50.1 Å². The van der Waals surface area contributed by atoms with Gasteiger partial charge < -0.3 is 10.5 Å². The van der Waals surface area contributed by atoms with Crippen molar-refractivity contribution in [3.63, 3.8) is 0 Å². The van der Waals surface area contributed by atoms with Crippen molar-refractivity contribution < 1.29 is 17.9 Å². The van der Waals surface area contributed by atoms with Gasteiger partial charge in [-0.1, -0.05) is 12.1 Å². The Morgan fingerprint density at radius 3 is 2.47 bits per heavy atom. The van der Waals surface area contributed by atoms with Crippen molar-refractivity contribution in [3.8, 4) is 17.3 Å². The molecule has 36 heavy (non-hydrogen) atoms. The second kappa shape index (κ2) is 10.8. The smallest absolute Gasteiger partial charge is 0.408 e. The van der Waals surface area contributed by atoms with Gasteiger partial charge in [-0.2, -0.15) is 13.2 Å². The lowest BCUT2D eigenvalue weighted by molar-refractivity contribution is -0.183. The Hall–Kier alpha value is -2.66. The number of hydrogen-bond acceptors (Lipinski definition) is 6. The Balaban J connectivity index is 0.00000180. The average Bonchev–Trinajstić information content (AvgIpc) is 3.38. The van der Waals surface area contributed by atoms with E-state index < -0.39 is 12.2 Å². The minimum absolute atomic E-state index is 0. The molecule has 1 aliphatic rings. The molecule has 1 saturated heterocycles. The van der Waals surface area contributed by atoms with Crippen LogP contribution in [0.3, 0.4) is 0 Å². The molecular weight excluding hydrogens is 516 g/mol. The van der Waals surface area contributed by atoms with Gasteiger partial charge >= 0.3 is 6.18 Å². The predicted octanol–water partition coefficient (Wildman–Crippen LogP) is 5.21. The first-order chi connectivity index (χ1) is 16.2. The maximum absolute atomic E-state index is 14.1. The Morgan fingerprint density at radius 1 is 1.06 bits per heavy atom. The summed E-state index contributed by atoms with van der Waals surface area (Å²) in [5.41, 5.74) is 7.65. The van der Waals surface area contributed by atoms with Crippen LogP contribution in [0.1, 0.15) is 31.9 Å². The normalized spacial score (nSPS) is 17.2. The molecule has 0 amide bonds. The van der Waals surface area contributed by atoms with E-state index in [1.807, 2.05) is 38.1 Å². The van der Waals surface area contributed by atoms with Gasteiger partial charge in [0.05, 0.1) is 11.6 Å². The minimum Gasteiger partial charge on any atom is -0.491 e. The van der Waals surface area contributed by atoms with Gasteiger partial charge in [-0.25, -0.2) is 4.98 Å². The molecule has 0 bridgehead atoms. The number of fused-ring (bicyclic) bond motifs is 2. The zero-order valence-electron chi connectivity index (χ0n) is 19.6. The minimum atomic E-state index is -4.44. The van der Waals surface area contributed by atoms with E-state index in [1.165, 1.54) is 17.2 Å². The van der Waals surface area contributed by atoms with Crippen LogP contribution in [-0.4, -0.2) is 55.9 Å². The maximum Gasteiger partial charge on any atom is 0.408 e. The molecule has 0 radical (unpaired) electrons. The Labute approximate surface area is 218 Å². The van der Waals surface area contributed by atoms with Crippen LogP contribution in [0, 0.1) is 0 Å². The maximum atomic E-state index is 14.1. The number of aromatic nitrogens is 4. The first-order valence-electron chi connectivity index (χ1n) is 11.2. The molecule has 0 spiro atoms. The summed E-state index contributed by atoms with van der Waals surface area (Å²) in [6.45, 7) is 4.38. The van der Waals surface area contributed by atoms with Crippen LogP contribution < -0.4 is 10.5 Å². The summed E-state index contributed by atoms with van der Waals surface area (Å²) in [6, 6.07) is 10.3. The number of nitrogens with zero attached hydrogens (tertiary/aromatic N) is 5. The molecule has 7 nitrogen and oxygen atoms in total. The molecule has 4 aromatic rings. The number of nitrogens with two attached hydrogens (primary N) is 1. The number of halogens is 5. The van der Waals surface area contributed by atoms with E-state index in [1.54, 1.807) is 16.5 Å². The van der Waals surface area contributed by atoms with Gasteiger partial charge in [-0.3, -0.25) is 9.30 Å². The number of ether oxygens (including phenoxy) is 1. The molecule has 4 heterocycles. The van der Waals surface area contributed by atoms with Crippen LogP contribution in [0.2, 0.25) is 0 Å². The fourth-order valence-electron chi connectivity index (χ4n) is 4.47. The van der Waals surface area contributed by atoms with Gasteiger partial charge in [-0.15, -0.1) is 35.0 Å². The topological polar surface area (TPSA) is 81.6 Å². The first-order valence-corrected chi connectivity index (χ1v) is 11.2. The fraction of sp³-hybridized carbons (Fsp3) is 0.375. The monoisotopic (exact) mass is 542 g/mol. The highest BCUT2D eigenvalue weighted by Crippen LogP contribution is 2.39. The summed E-state index contributed by atoms with van der Waals surface area (Å²) in [5, 5.41) is 9.27. The molecule has 1 aromatic carbocycles. The molecule has 5 rings (SSSR count).